The van der Waals surface area contributed by atoms with Gasteiger partial charge in [-0.3, -0.25) is 9.79 Å². The van der Waals surface area contributed by atoms with E-state index < -0.39 is 0 Å². The highest BCUT2D eigenvalue weighted by Gasteiger charge is 2.51. The van der Waals surface area contributed by atoms with Gasteiger partial charge in [-0.05, 0) is 25.3 Å². The van der Waals surface area contributed by atoms with Crippen molar-refractivity contribution in [3.63, 3.8) is 0 Å². The highest BCUT2D eigenvalue weighted by Crippen LogP contribution is 2.53. The zero-order chi connectivity index (χ0) is 9.31. The Morgan fingerprint density at radius 1 is 1.62 bits per heavy atom. The van der Waals surface area contributed by atoms with Crippen molar-refractivity contribution < 1.29 is 4.79 Å². The molecule has 1 fully saturated rings. The summed E-state index contributed by atoms with van der Waals surface area (Å²) < 4.78 is 0. The molecule has 0 saturated heterocycles. The average Bonchev–Trinajstić information content (AvgIpc) is 2.99. The number of hydrogen-bond acceptors (Lipinski definition) is 2. The average molecular weight is 178 g/mol. The number of carbonyl (C=O) groups excluding carboxylic acids is 1. The Kier molecular flexibility index (Phi) is 1.94. The molecule has 1 heterocycles. The third kappa shape index (κ3) is 1.28. The van der Waals surface area contributed by atoms with E-state index in [1.807, 2.05) is 12.3 Å². The van der Waals surface area contributed by atoms with Gasteiger partial charge in [0.05, 0.1) is 5.41 Å². The molecule has 2 rings (SSSR count). The quantitative estimate of drug-likeness (QED) is 0.671. The number of carbonyl (C=O) groups is 1. The normalized spacial score (nSPS) is 23.6. The minimum absolute atomic E-state index is 0.152. The van der Waals surface area contributed by atoms with Crippen LogP contribution in [0.4, 0.5) is 0 Å². The Balaban J connectivity index is 2.19. The van der Waals surface area contributed by atoms with Crippen LogP contribution in [0.25, 0.3) is 0 Å². The molecule has 0 radical (unpaired) electrons. The van der Waals surface area contributed by atoms with Gasteiger partial charge >= 0.3 is 0 Å². The molecule has 0 spiro atoms. The van der Waals surface area contributed by atoms with E-state index in [0.717, 1.165) is 25.8 Å². The van der Waals surface area contributed by atoms with E-state index in [4.69, 9.17) is 0 Å². The number of aliphatic imine (C=N–C) groups is 1. The fourth-order valence-electron chi connectivity index (χ4n) is 1.94. The highest BCUT2D eigenvalue weighted by atomic mass is 16.2. The summed E-state index contributed by atoms with van der Waals surface area (Å²) in [6, 6.07) is 0. The van der Waals surface area contributed by atoms with Crippen molar-refractivity contribution in [1.29, 1.82) is 0 Å². The van der Waals surface area contributed by atoms with Gasteiger partial charge in [-0.25, -0.2) is 0 Å². The Hall–Kier alpha value is -1.12. The van der Waals surface area contributed by atoms with Crippen LogP contribution in [-0.2, 0) is 4.79 Å². The van der Waals surface area contributed by atoms with Gasteiger partial charge in [-0.15, -0.1) is 0 Å². The van der Waals surface area contributed by atoms with Crippen LogP contribution in [0.1, 0.15) is 19.3 Å². The molecule has 1 amide bonds. The fraction of sp³-hybridized carbons (Fsp3) is 0.600. The molecular weight excluding hydrogens is 164 g/mol. The second-order valence-electron chi connectivity index (χ2n) is 3.66. The Bertz CT molecular complexity index is 287. The lowest BCUT2D eigenvalue weighted by Gasteiger charge is -2.18. The number of nitrogens with one attached hydrogen (secondary N) is 1. The molecule has 0 aromatic rings. The molecule has 3 heteroatoms. The summed E-state index contributed by atoms with van der Waals surface area (Å²) >= 11 is 0. The zero-order valence-electron chi connectivity index (χ0n) is 7.84. The van der Waals surface area contributed by atoms with E-state index in [1.165, 1.54) is 5.57 Å². The molecule has 0 atom stereocenters. The van der Waals surface area contributed by atoms with Crippen molar-refractivity contribution in [1.82, 2.24) is 5.32 Å². The molecule has 13 heavy (non-hydrogen) atoms. The summed E-state index contributed by atoms with van der Waals surface area (Å²) in [6.07, 6.45) is 6.79. The Morgan fingerprint density at radius 2 is 2.38 bits per heavy atom. The van der Waals surface area contributed by atoms with Crippen molar-refractivity contribution in [2.45, 2.75) is 19.3 Å². The van der Waals surface area contributed by atoms with Crippen LogP contribution in [0.3, 0.4) is 0 Å². The first-order valence-corrected chi connectivity index (χ1v) is 4.71. The van der Waals surface area contributed by atoms with E-state index in [1.54, 1.807) is 7.05 Å². The van der Waals surface area contributed by atoms with E-state index in [2.05, 4.69) is 10.3 Å². The fourth-order valence-corrected chi connectivity index (χ4v) is 1.94. The second kappa shape index (κ2) is 2.98. The van der Waals surface area contributed by atoms with Crippen LogP contribution < -0.4 is 5.32 Å². The number of dihydropyridines is 1. The molecule has 0 aromatic heterocycles. The molecule has 0 unspecified atom stereocenters. The third-order valence-electron chi connectivity index (χ3n) is 2.92. The van der Waals surface area contributed by atoms with Gasteiger partial charge in [-0.2, -0.15) is 0 Å². The molecule has 2 aliphatic rings. The van der Waals surface area contributed by atoms with Gasteiger partial charge in [0.1, 0.15) is 0 Å². The molecule has 3 nitrogen and oxygen atoms in total. The first-order valence-electron chi connectivity index (χ1n) is 4.71. The molecule has 70 valence electrons. The lowest BCUT2D eigenvalue weighted by molar-refractivity contribution is -0.124. The predicted molar refractivity (Wildman–Crippen MR) is 51.8 cm³/mol. The van der Waals surface area contributed by atoms with Crippen LogP contribution >= 0.6 is 0 Å². The third-order valence-corrected chi connectivity index (χ3v) is 2.92. The summed E-state index contributed by atoms with van der Waals surface area (Å²) in [7, 11) is 1.71. The lowest BCUT2D eigenvalue weighted by atomic mass is 9.91. The molecular formula is C10H14N2O. The van der Waals surface area contributed by atoms with Crippen molar-refractivity contribution >= 4 is 12.1 Å². The maximum atomic E-state index is 11.6. The molecule has 1 N–H and O–H groups in total. The summed E-state index contributed by atoms with van der Waals surface area (Å²) in [5.41, 5.74) is 1.11. The van der Waals surface area contributed by atoms with E-state index in [9.17, 15) is 4.79 Å². The maximum absolute atomic E-state index is 11.6. The lowest BCUT2D eigenvalue weighted by Crippen LogP contribution is -2.30. The summed E-state index contributed by atoms with van der Waals surface area (Å²) in [4.78, 5) is 15.7. The first kappa shape index (κ1) is 8.48. The zero-order valence-corrected chi connectivity index (χ0v) is 7.84. The molecule has 0 bridgehead atoms. The summed E-state index contributed by atoms with van der Waals surface area (Å²) in [5, 5.41) is 2.74. The SMILES string of the molecule is CNC(=O)C1(C2=CC=NCC2)CC1. The second-order valence-corrected chi connectivity index (χ2v) is 3.66. The van der Waals surface area contributed by atoms with Crippen LogP contribution in [0.2, 0.25) is 0 Å². The van der Waals surface area contributed by atoms with Gasteiger partial charge in [0.25, 0.3) is 0 Å². The topological polar surface area (TPSA) is 41.5 Å². The summed E-state index contributed by atoms with van der Waals surface area (Å²) in [5.74, 6) is 0.175. The number of hydrogen-bond donors (Lipinski definition) is 1. The van der Waals surface area contributed by atoms with Gasteiger partial charge in [0.2, 0.25) is 5.91 Å². The van der Waals surface area contributed by atoms with Gasteiger partial charge in [0, 0.05) is 19.8 Å². The number of nitrogens with zero attached hydrogens (tertiary/aromatic N) is 1. The number of amides is 1. The first-order chi connectivity index (χ1) is 6.29. The van der Waals surface area contributed by atoms with Gasteiger partial charge in [-0.1, -0.05) is 5.57 Å². The monoisotopic (exact) mass is 178 g/mol. The van der Waals surface area contributed by atoms with Crippen LogP contribution in [-0.4, -0.2) is 25.7 Å². The minimum Gasteiger partial charge on any atom is -0.358 e. The molecule has 1 aliphatic heterocycles. The number of rotatable bonds is 2. The number of allylic oxidation sites excluding steroid dienone is 1. The van der Waals surface area contributed by atoms with Gasteiger partial charge in [0.15, 0.2) is 0 Å². The largest absolute Gasteiger partial charge is 0.358 e. The van der Waals surface area contributed by atoms with Gasteiger partial charge < -0.3 is 5.32 Å². The highest BCUT2D eigenvalue weighted by molar-refractivity contribution is 5.90. The van der Waals surface area contributed by atoms with Crippen LogP contribution in [0, 0.1) is 5.41 Å². The predicted octanol–water partition coefficient (Wildman–Crippen LogP) is 0.913. The van der Waals surface area contributed by atoms with E-state index >= 15 is 0 Å². The van der Waals surface area contributed by atoms with Crippen molar-refractivity contribution in [2.24, 2.45) is 10.4 Å². The Labute approximate surface area is 77.9 Å². The minimum atomic E-state index is -0.152. The molecule has 1 saturated carbocycles. The molecule has 1 aliphatic carbocycles. The van der Waals surface area contributed by atoms with Crippen molar-refractivity contribution in [3.05, 3.63) is 11.6 Å². The van der Waals surface area contributed by atoms with E-state index in [0.29, 0.717) is 0 Å². The van der Waals surface area contributed by atoms with Crippen LogP contribution in [0.5, 0.6) is 0 Å². The Morgan fingerprint density at radius 3 is 2.85 bits per heavy atom. The van der Waals surface area contributed by atoms with Crippen molar-refractivity contribution in [3.8, 4) is 0 Å². The summed E-state index contributed by atoms with van der Waals surface area (Å²) in [6.45, 7) is 0.838. The van der Waals surface area contributed by atoms with E-state index in [-0.39, 0.29) is 11.3 Å². The standard InChI is InChI=1S/C10H14N2O/c1-11-9(13)10(4-5-10)8-2-6-12-7-3-8/h2,6H,3-5,7H2,1H3,(H,11,13). The molecule has 0 aromatic carbocycles. The van der Waals surface area contributed by atoms with Crippen molar-refractivity contribution in [2.75, 3.05) is 13.6 Å². The smallest absolute Gasteiger partial charge is 0.230 e. The maximum Gasteiger partial charge on any atom is 0.230 e. The van der Waals surface area contributed by atoms with Crippen LogP contribution in [0.15, 0.2) is 16.6 Å².